The molecule has 0 bridgehead atoms. The third kappa shape index (κ3) is 6.02. The van der Waals surface area contributed by atoms with Gasteiger partial charge in [0.1, 0.15) is 12.4 Å². The van der Waals surface area contributed by atoms with Crippen LogP contribution in [0.2, 0.25) is 10.0 Å². The quantitative estimate of drug-likeness (QED) is 0.173. The average Bonchev–Trinajstić information content (AvgIpc) is 3.82. The Morgan fingerprint density at radius 1 is 0.791 bits per heavy atom. The van der Waals surface area contributed by atoms with Crippen molar-refractivity contribution in [2.75, 3.05) is 13.1 Å². The first-order valence-electron chi connectivity index (χ1n) is 15.0. The lowest BCUT2D eigenvalue weighted by atomic mass is 9.85. The van der Waals surface area contributed by atoms with E-state index in [-0.39, 0.29) is 18.1 Å². The van der Waals surface area contributed by atoms with E-state index < -0.39 is 0 Å². The molecule has 2 fully saturated rings. The third-order valence-electron chi connectivity index (χ3n) is 8.72. The fourth-order valence-corrected chi connectivity index (χ4v) is 6.58. The summed E-state index contributed by atoms with van der Waals surface area (Å²) in [6.45, 7) is 1.63. The maximum Gasteiger partial charge on any atom is 0.410 e. The molecule has 5 nitrogen and oxygen atoms in total. The fraction of sp³-hybridized carbons (Fsp3) is 0.278. The fourth-order valence-electron chi connectivity index (χ4n) is 6.33. The predicted molar refractivity (Wildman–Crippen MR) is 172 cm³/mol. The van der Waals surface area contributed by atoms with Crippen molar-refractivity contribution >= 4 is 40.3 Å². The number of halogens is 2. The van der Waals surface area contributed by atoms with Crippen molar-refractivity contribution in [3.8, 4) is 0 Å². The van der Waals surface area contributed by atoms with Gasteiger partial charge >= 0.3 is 6.09 Å². The van der Waals surface area contributed by atoms with Gasteiger partial charge in [0.15, 0.2) is 0 Å². The number of ether oxygens (including phenoxy) is 1. The van der Waals surface area contributed by atoms with Crippen LogP contribution in [0.15, 0.2) is 97.1 Å². The third-order valence-corrected chi connectivity index (χ3v) is 9.22. The lowest BCUT2D eigenvalue weighted by Crippen LogP contribution is -2.39. The second-order valence-corrected chi connectivity index (χ2v) is 12.5. The molecule has 2 aliphatic rings. The zero-order valence-corrected chi connectivity index (χ0v) is 25.3. The summed E-state index contributed by atoms with van der Waals surface area (Å²) in [4.78, 5) is 19.9. The highest BCUT2D eigenvalue weighted by atomic mass is 35.5. The van der Waals surface area contributed by atoms with Gasteiger partial charge < -0.3 is 14.2 Å². The molecule has 1 saturated carbocycles. The molecule has 1 aliphatic carbocycles. The number of nitrogens with zero attached hydrogens (tertiary/aromatic N) is 3. The molecule has 0 N–H and O–H groups in total. The van der Waals surface area contributed by atoms with Crippen LogP contribution in [0.1, 0.15) is 71.6 Å². The first-order chi connectivity index (χ1) is 21.0. The first-order valence-corrected chi connectivity index (χ1v) is 15.8. The van der Waals surface area contributed by atoms with Crippen LogP contribution in [0.3, 0.4) is 0 Å². The standard InChI is InChI=1S/C36H33Cl2N3O2/c37-29-13-8-25(9-14-29)34(26-10-15-30(38)16-11-26)28-12-17-32-33(22-28)41(35(39-32)27-6-7-27)31-18-20-40(21-19-31)36(42)43-23-24-4-2-1-3-5-24/h1-5,8-17,22,27,31,34H,6-7,18-21,23H2. The Bertz CT molecular complexity index is 1680. The van der Waals surface area contributed by atoms with Crippen molar-refractivity contribution in [3.63, 3.8) is 0 Å². The molecule has 0 radical (unpaired) electrons. The Morgan fingerprint density at radius 3 is 2.00 bits per heavy atom. The molecule has 2 heterocycles. The highest BCUT2D eigenvalue weighted by molar-refractivity contribution is 6.30. The van der Waals surface area contributed by atoms with Crippen LogP contribution in [0.5, 0.6) is 0 Å². The first kappa shape index (κ1) is 28.0. The molecule has 7 heteroatoms. The van der Waals surface area contributed by atoms with E-state index >= 15 is 0 Å². The van der Waals surface area contributed by atoms with Crippen LogP contribution in [0.25, 0.3) is 11.0 Å². The summed E-state index contributed by atoms with van der Waals surface area (Å²) in [7, 11) is 0. The number of benzene rings is 4. The van der Waals surface area contributed by atoms with Crippen LogP contribution < -0.4 is 0 Å². The van der Waals surface area contributed by atoms with Crippen LogP contribution in [-0.4, -0.2) is 33.6 Å². The number of likely N-dealkylation sites (tertiary alicyclic amines) is 1. The van der Waals surface area contributed by atoms with Gasteiger partial charge in [-0.25, -0.2) is 9.78 Å². The molecule has 1 aliphatic heterocycles. The molecule has 1 saturated heterocycles. The number of hydrogen-bond acceptors (Lipinski definition) is 3. The average molecular weight is 611 g/mol. The number of fused-ring (bicyclic) bond motifs is 1. The second-order valence-electron chi connectivity index (χ2n) is 11.7. The summed E-state index contributed by atoms with van der Waals surface area (Å²) in [5, 5.41) is 1.44. The van der Waals surface area contributed by atoms with Crippen LogP contribution >= 0.6 is 23.2 Å². The Kier molecular flexibility index (Phi) is 7.85. The normalized spacial score (nSPS) is 15.7. The largest absolute Gasteiger partial charge is 0.445 e. The lowest BCUT2D eigenvalue weighted by Gasteiger charge is -2.33. The molecule has 7 rings (SSSR count). The summed E-state index contributed by atoms with van der Waals surface area (Å²) >= 11 is 12.5. The van der Waals surface area contributed by atoms with Crippen LogP contribution in [0.4, 0.5) is 4.79 Å². The molecular formula is C36H33Cl2N3O2. The molecule has 1 amide bonds. The summed E-state index contributed by atoms with van der Waals surface area (Å²) in [5.41, 5.74) is 6.72. The Morgan fingerprint density at radius 2 is 1.40 bits per heavy atom. The zero-order chi connectivity index (χ0) is 29.3. The summed E-state index contributed by atoms with van der Waals surface area (Å²) in [5.74, 6) is 1.72. The molecule has 0 spiro atoms. The second kappa shape index (κ2) is 12.1. The lowest BCUT2D eigenvalue weighted by molar-refractivity contribution is 0.0832. The van der Waals surface area contributed by atoms with E-state index in [0.29, 0.717) is 25.6 Å². The molecule has 4 aromatic carbocycles. The summed E-state index contributed by atoms with van der Waals surface area (Å²) < 4.78 is 8.12. The van der Waals surface area contributed by atoms with Gasteiger partial charge in [0.25, 0.3) is 0 Å². The highest BCUT2D eigenvalue weighted by Gasteiger charge is 2.34. The Labute approximate surface area is 262 Å². The van der Waals surface area contributed by atoms with Crippen LogP contribution in [-0.2, 0) is 11.3 Å². The number of piperidine rings is 1. The predicted octanol–water partition coefficient (Wildman–Crippen LogP) is 9.37. The van der Waals surface area contributed by atoms with E-state index in [0.717, 1.165) is 39.5 Å². The van der Waals surface area contributed by atoms with E-state index in [1.165, 1.54) is 35.4 Å². The van der Waals surface area contributed by atoms with E-state index in [4.69, 9.17) is 32.9 Å². The SMILES string of the molecule is O=C(OCc1ccccc1)N1CCC(n2c(C3CC3)nc3ccc(C(c4ccc(Cl)cc4)c4ccc(Cl)cc4)cc32)CC1. The van der Waals surface area contributed by atoms with Gasteiger partial charge in [0.05, 0.1) is 11.0 Å². The van der Waals surface area contributed by atoms with Crippen LogP contribution in [0, 0.1) is 0 Å². The number of imidazole rings is 1. The zero-order valence-electron chi connectivity index (χ0n) is 23.8. The molecule has 1 aromatic heterocycles. The molecule has 43 heavy (non-hydrogen) atoms. The van der Waals surface area contributed by atoms with Gasteiger partial charge in [-0.3, -0.25) is 0 Å². The number of carbonyl (C=O) groups excluding carboxylic acids is 1. The highest BCUT2D eigenvalue weighted by Crippen LogP contribution is 2.44. The smallest absolute Gasteiger partial charge is 0.410 e. The van der Waals surface area contributed by atoms with Crippen molar-refractivity contribution < 1.29 is 9.53 Å². The van der Waals surface area contributed by atoms with Gasteiger partial charge in [-0.15, -0.1) is 0 Å². The number of carbonyl (C=O) groups is 1. The number of aromatic nitrogens is 2. The number of hydrogen-bond donors (Lipinski definition) is 0. The van der Waals surface area contributed by atoms with Crippen molar-refractivity contribution in [1.29, 1.82) is 0 Å². The summed E-state index contributed by atoms with van der Waals surface area (Å²) in [6, 6.07) is 33.0. The van der Waals surface area contributed by atoms with Crippen molar-refractivity contribution in [3.05, 3.63) is 135 Å². The minimum absolute atomic E-state index is 0.0212. The maximum atomic E-state index is 12.9. The topological polar surface area (TPSA) is 47.4 Å². The minimum Gasteiger partial charge on any atom is -0.445 e. The van der Waals surface area contributed by atoms with E-state index in [2.05, 4.69) is 47.0 Å². The van der Waals surface area contributed by atoms with Gasteiger partial charge in [0, 0.05) is 41.0 Å². The van der Waals surface area contributed by atoms with Crippen molar-refractivity contribution in [1.82, 2.24) is 14.5 Å². The van der Waals surface area contributed by atoms with E-state index in [1.807, 2.05) is 59.5 Å². The molecule has 5 aromatic rings. The number of rotatable bonds is 7. The molecule has 0 atom stereocenters. The van der Waals surface area contributed by atoms with Gasteiger partial charge in [-0.05, 0) is 84.3 Å². The van der Waals surface area contributed by atoms with Gasteiger partial charge in [-0.2, -0.15) is 0 Å². The van der Waals surface area contributed by atoms with E-state index in [9.17, 15) is 4.79 Å². The minimum atomic E-state index is -0.240. The van der Waals surface area contributed by atoms with Crippen molar-refractivity contribution in [2.24, 2.45) is 0 Å². The molecule has 218 valence electrons. The molecular weight excluding hydrogens is 577 g/mol. The monoisotopic (exact) mass is 609 g/mol. The summed E-state index contributed by atoms with van der Waals surface area (Å²) in [6.07, 6.45) is 3.86. The Balaban J connectivity index is 1.18. The Hall–Kier alpha value is -3.80. The van der Waals surface area contributed by atoms with Crippen molar-refractivity contribution in [2.45, 2.75) is 50.2 Å². The van der Waals surface area contributed by atoms with Gasteiger partial charge in [0.2, 0.25) is 0 Å². The maximum absolute atomic E-state index is 12.9. The molecule has 0 unspecified atom stereocenters. The van der Waals surface area contributed by atoms with E-state index in [1.54, 1.807) is 0 Å². The number of amides is 1. The van der Waals surface area contributed by atoms with Gasteiger partial charge in [-0.1, -0.05) is 83.9 Å².